The number of rotatable bonds is 4. The Morgan fingerprint density at radius 2 is 1.79 bits per heavy atom. The Hall–Kier alpha value is -2.88. The van der Waals surface area contributed by atoms with E-state index in [0.29, 0.717) is 11.3 Å². The van der Waals surface area contributed by atoms with Crippen LogP contribution in [0.1, 0.15) is 38.9 Å². The van der Waals surface area contributed by atoms with Crippen LogP contribution in [0.15, 0.2) is 48.5 Å². The number of aromatic amines is 1. The van der Waals surface area contributed by atoms with Crippen LogP contribution in [0.2, 0.25) is 0 Å². The van der Waals surface area contributed by atoms with Crippen LogP contribution in [0, 0.1) is 13.8 Å². The summed E-state index contributed by atoms with van der Waals surface area (Å²) in [5.41, 5.74) is 3.67. The second-order valence-electron chi connectivity index (χ2n) is 6.00. The zero-order chi connectivity index (χ0) is 17.3. The van der Waals surface area contributed by atoms with Crippen LogP contribution in [0.3, 0.4) is 0 Å². The van der Waals surface area contributed by atoms with Gasteiger partial charge < -0.3 is 9.72 Å². The number of carbonyl (C=O) groups excluding carboxylic acids is 2. The Kier molecular flexibility index (Phi) is 4.21. The van der Waals surface area contributed by atoms with Gasteiger partial charge in [0.25, 0.3) is 0 Å². The summed E-state index contributed by atoms with van der Waals surface area (Å²) in [6.07, 6.45) is -0.843. The second-order valence-corrected chi connectivity index (χ2v) is 6.00. The van der Waals surface area contributed by atoms with E-state index in [1.165, 1.54) is 0 Å². The van der Waals surface area contributed by atoms with Crippen LogP contribution in [0.25, 0.3) is 10.9 Å². The highest BCUT2D eigenvalue weighted by molar-refractivity contribution is 6.03. The maximum absolute atomic E-state index is 12.6. The summed E-state index contributed by atoms with van der Waals surface area (Å²) in [6, 6.07) is 15.0. The van der Waals surface area contributed by atoms with Gasteiger partial charge in [0, 0.05) is 16.5 Å². The maximum atomic E-state index is 12.6. The molecule has 0 amide bonds. The smallest absolute Gasteiger partial charge is 0.355 e. The molecule has 3 aromatic rings. The van der Waals surface area contributed by atoms with E-state index in [1.54, 1.807) is 13.0 Å². The first-order chi connectivity index (χ1) is 11.5. The molecule has 1 heterocycles. The number of benzene rings is 2. The van der Waals surface area contributed by atoms with Crippen molar-refractivity contribution in [3.05, 3.63) is 70.9 Å². The molecule has 4 heteroatoms. The SMILES string of the molecule is Cc1ccc(C)c(C(=O)[C@H](C)OC(=O)c2cc3ccccc3[nH]2)c1. The number of hydrogen-bond donors (Lipinski definition) is 1. The molecule has 0 saturated heterocycles. The fourth-order valence-corrected chi connectivity index (χ4v) is 2.68. The highest BCUT2D eigenvalue weighted by atomic mass is 16.5. The lowest BCUT2D eigenvalue weighted by molar-refractivity contribution is 0.0314. The molecular formula is C20H19NO3. The van der Waals surface area contributed by atoms with Crippen molar-refractivity contribution >= 4 is 22.7 Å². The number of Topliss-reactive ketones (excluding diaryl/α,β-unsaturated/α-hetero) is 1. The van der Waals surface area contributed by atoms with Gasteiger partial charge in [-0.2, -0.15) is 0 Å². The number of ketones is 1. The monoisotopic (exact) mass is 321 g/mol. The number of hydrogen-bond acceptors (Lipinski definition) is 3. The molecule has 0 fully saturated rings. The molecule has 2 aromatic carbocycles. The summed E-state index contributed by atoms with van der Waals surface area (Å²) in [5.74, 6) is -0.724. The zero-order valence-electron chi connectivity index (χ0n) is 13.9. The van der Waals surface area contributed by atoms with Gasteiger partial charge in [0.05, 0.1) is 0 Å². The van der Waals surface area contributed by atoms with Crippen LogP contribution >= 0.6 is 0 Å². The molecule has 0 aliphatic carbocycles. The van der Waals surface area contributed by atoms with Crippen LogP contribution in [-0.2, 0) is 4.74 Å². The third-order valence-corrected chi connectivity index (χ3v) is 4.06. The minimum absolute atomic E-state index is 0.194. The van der Waals surface area contributed by atoms with Gasteiger partial charge in [-0.3, -0.25) is 4.79 Å². The van der Waals surface area contributed by atoms with Crippen molar-refractivity contribution in [2.75, 3.05) is 0 Å². The lowest BCUT2D eigenvalue weighted by Gasteiger charge is -2.13. The topological polar surface area (TPSA) is 59.2 Å². The highest BCUT2D eigenvalue weighted by Crippen LogP contribution is 2.18. The molecule has 0 unspecified atom stereocenters. The Bertz CT molecular complexity index is 891. The molecule has 3 rings (SSSR count). The summed E-state index contributed by atoms with van der Waals surface area (Å²) >= 11 is 0. The van der Waals surface area contributed by atoms with Gasteiger partial charge >= 0.3 is 5.97 Å². The zero-order valence-corrected chi connectivity index (χ0v) is 13.9. The first kappa shape index (κ1) is 16.0. The summed E-state index contributed by atoms with van der Waals surface area (Å²) in [7, 11) is 0. The fourth-order valence-electron chi connectivity index (χ4n) is 2.68. The summed E-state index contributed by atoms with van der Waals surface area (Å²) in [4.78, 5) is 27.9. The minimum atomic E-state index is -0.843. The predicted octanol–water partition coefficient (Wildman–Crippen LogP) is 4.21. The van der Waals surface area contributed by atoms with Crippen LogP contribution in [-0.4, -0.2) is 22.8 Å². The average Bonchev–Trinajstić information content (AvgIpc) is 3.00. The quantitative estimate of drug-likeness (QED) is 0.578. The molecule has 122 valence electrons. The van der Waals surface area contributed by atoms with Crippen molar-refractivity contribution in [2.45, 2.75) is 26.9 Å². The van der Waals surface area contributed by atoms with E-state index >= 15 is 0 Å². The molecule has 0 saturated carbocycles. The number of nitrogens with one attached hydrogen (secondary N) is 1. The number of fused-ring (bicyclic) bond motifs is 1. The number of carbonyl (C=O) groups is 2. The Morgan fingerprint density at radius 3 is 2.54 bits per heavy atom. The highest BCUT2D eigenvalue weighted by Gasteiger charge is 2.22. The summed E-state index contributed by atoms with van der Waals surface area (Å²) in [5, 5.41) is 0.929. The third-order valence-electron chi connectivity index (χ3n) is 4.06. The van der Waals surface area contributed by atoms with Gasteiger partial charge in [-0.25, -0.2) is 4.79 Å². The molecule has 0 aliphatic heterocycles. The Morgan fingerprint density at radius 1 is 1.04 bits per heavy atom. The molecule has 1 N–H and O–H groups in total. The molecule has 24 heavy (non-hydrogen) atoms. The number of ether oxygens (including phenoxy) is 1. The van der Waals surface area contributed by atoms with Crippen molar-refractivity contribution in [3.8, 4) is 0 Å². The van der Waals surface area contributed by atoms with Gasteiger partial charge in [0.15, 0.2) is 6.10 Å². The molecule has 1 atom stereocenters. The lowest BCUT2D eigenvalue weighted by Crippen LogP contribution is -2.25. The number of H-pyrrole nitrogens is 1. The van der Waals surface area contributed by atoms with E-state index in [1.807, 2.05) is 56.3 Å². The molecule has 0 radical (unpaired) electrons. The predicted molar refractivity (Wildman–Crippen MR) is 93.4 cm³/mol. The first-order valence-corrected chi connectivity index (χ1v) is 7.86. The van der Waals surface area contributed by atoms with E-state index in [-0.39, 0.29) is 5.78 Å². The second kappa shape index (κ2) is 6.32. The van der Waals surface area contributed by atoms with Crippen molar-refractivity contribution in [3.63, 3.8) is 0 Å². The number of esters is 1. The standard InChI is InChI=1S/C20H19NO3/c1-12-8-9-13(2)16(10-12)19(22)14(3)24-20(23)18-11-15-6-4-5-7-17(15)21-18/h4-11,14,21H,1-3H3/t14-/m0/s1. The van der Waals surface area contributed by atoms with Crippen LogP contribution in [0.4, 0.5) is 0 Å². The van der Waals surface area contributed by atoms with Crippen molar-refractivity contribution in [1.29, 1.82) is 0 Å². The number of para-hydroxylation sites is 1. The molecular weight excluding hydrogens is 302 g/mol. The van der Waals surface area contributed by atoms with Gasteiger partial charge in [0.1, 0.15) is 5.69 Å². The molecule has 0 bridgehead atoms. The maximum Gasteiger partial charge on any atom is 0.355 e. The fraction of sp³-hybridized carbons (Fsp3) is 0.200. The summed E-state index contributed by atoms with van der Waals surface area (Å²) < 4.78 is 5.36. The molecule has 0 spiro atoms. The first-order valence-electron chi connectivity index (χ1n) is 7.86. The van der Waals surface area contributed by atoms with Gasteiger partial charge in [0.2, 0.25) is 5.78 Å². The largest absolute Gasteiger partial charge is 0.450 e. The van der Waals surface area contributed by atoms with Gasteiger partial charge in [-0.05, 0) is 44.5 Å². The van der Waals surface area contributed by atoms with Crippen molar-refractivity contribution in [1.82, 2.24) is 4.98 Å². The van der Waals surface area contributed by atoms with E-state index in [2.05, 4.69) is 4.98 Å². The Labute approximate surface area is 140 Å². The van der Waals surface area contributed by atoms with Crippen molar-refractivity contribution in [2.24, 2.45) is 0 Å². The lowest BCUT2D eigenvalue weighted by atomic mass is 9.99. The number of aryl methyl sites for hydroxylation is 2. The van der Waals surface area contributed by atoms with E-state index in [0.717, 1.165) is 22.0 Å². The number of aromatic nitrogens is 1. The van der Waals surface area contributed by atoms with Crippen LogP contribution < -0.4 is 0 Å². The van der Waals surface area contributed by atoms with E-state index < -0.39 is 12.1 Å². The van der Waals surface area contributed by atoms with Gasteiger partial charge in [-0.1, -0.05) is 35.9 Å². The normalized spacial score (nSPS) is 12.1. The van der Waals surface area contributed by atoms with Crippen molar-refractivity contribution < 1.29 is 14.3 Å². The average molecular weight is 321 g/mol. The molecule has 1 aromatic heterocycles. The van der Waals surface area contributed by atoms with E-state index in [4.69, 9.17) is 4.74 Å². The third kappa shape index (κ3) is 3.08. The summed E-state index contributed by atoms with van der Waals surface area (Å²) in [6.45, 7) is 5.40. The molecule has 4 nitrogen and oxygen atoms in total. The van der Waals surface area contributed by atoms with E-state index in [9.17, 15) is 9.59 Å². The Balaban J connectivity index is 1.78. The van der Waals surface area contributed by atoms with Gasteiger partial charge in [-0.15, -0.1) is 0 Å². The van der Waals surface area contributed by atoms with Crippen LogP contribution in [0.5, 0.6) is 0 Å². The molecule has 0 aliphatic rings. The minimum Gasteiger partial charge on any atom is -0.450 e.